The van der Waals surface area contributed by atoms with Crippen LogP contribution in [0.2, 0.25) is 5.02 Å². The first-order valence-electron chi connectivity index (χ1n) is 11.7. The Morgan fingerprint density at radius 3 is 2.30 bits per heavy atom. The minimum Gasteiger partial charge on any atom is -0.457 e. The Balaban J connectivity index is 1.43. The van der Waals surface area contributed by atoms with Gasteiger partial charge in [-0.15, -0.1) is 0 Å². The zero-order valence-electron chi connectivity index (χ0n) is 19.9. The van der Waals surface area contributed by atoms with Gasteiger partial charge in [-0.05, 0) is 79.2 Å². The Morgan fingerprint density at radius 2 is 1.57 bits per heavy atom. The summed E-state index contributed by atoms with van der Waals surface area (Å²) in [6, 6.07) is 28.6. The number of benzene rings is 4. The van der Waals surface area contributed by atoms with E-state index in [1.807, 2.05) is 30.3 Å². The first-order valence-corrected chi connectivity index (χ1v) is 12.1. The Labute approximate surface area is 219 Å². The number of hydrogen-bond acceptors (Lipinski definition) is 3. The molecule has 0 aliphatic carbocycles. The van der Waals surface area contributed by atoms with Crippen LogP contribution in [0.4, 0.5) is 20.6 Å². The molecule has 0 atom stereocenters. The zero-order chi connectivity index (χ0) is 26.0. The third-order valence-electron chi connectivity index (χ3n) is 5.38. The van der Waals surface area contributed by atoms with Gasteiger partial charge in [0.15, 0.2) is 0 Å². The lowest BCUT2D eigenvalue weighted by Crippen LogP contribution is -2.37. The van der Waals surface area contributed by atoms with Gasteiger partial charge in [-0.2, -0.15) is 0 Å². The number of rotatable bonds is 9. The third kappa shape index (κ3) is 7.56. The first-order chi connectivity index (χ1) is 18.0. The molecule has 0 aliphatic heterocycles. The Hall–Kier alpha value is -4.36. The Kier molecular flexibility index (Phi) is 8.73. The summed E-state index contributed by atoms with van der Waals surface area (Å²) >= 11 is 6.06. The van der Waals surface area contributed by atoms with Crippen LogP contribution in [-0.4, -0.2) is 25.0 Å². The molecule has 0 spiro atoms. The fourth-order valence-electron chi connectivity index (χ4n) is 3.59. The molecule has 4 aromatic rings. The van der Waals surface area contributed by atoms with Crippen LogP contribution < -0.4 is 20.3 Å². The van der Waals surface area contributed by atoms with Gasteiger partial charge >= 0.3 is 6.03 Å². The molecule has 8 heteroatoms. The summed E-state index contributed by atoms with van der Waals surface area (Å²) in [5.74, 6) is 0.486. The molecule has 4 rings (SSSR count). The number of carbonyl (C=O) groups excluding carboxylic acids is 2. The van der Waals surface area contributed by atoms with Gasteiger partial charge in [0.2, 0.25) is 0 Å². The number of carbonyl (C=O) groups is 2. The maximum atomic E-state index is 13.4. The van der Waals surface area contributed by atoms with Gasteiger partial charge in [0.25, 0.3) is 5.91 Å². The van der Waals surface area contributed by atoms with Crippen LogP contribution in [-0.2, 0) is 0 Å². The number of hydrogen-bond donors (Lipinski definition) is 2. The van der Waals surface area contributed by atoms with Crippen molar-refractivity contribution in [2.24, 2.45) is 0 Å². The lowest BCUT2D eigenvalue weighted by atomic mass is 10.2. The highest BCUT2D eigenvalue weighted by Crippen LogP contribution is 2.25. The number of urea groups is 1. The second-order valence-corrected chi connectivity index (χ2v) is 8.56. The highest BCUT2D eigenvalue weighted by Gasteiger charge is 2.17. The molecule has 6 nitrogen and oxygen atoms in total. The minimum absolute atomic E-state index is 0.240. The number of nitrogens with one attached hydrogen (secondary N) is 2. The van der Waals surface area contributed by atoms with Crippen LogP contribution in [0, 0.1) is 5.82 Å². The highest BCUT2D eigenvalue weighted by molar-refractivity contribution is 6.30. The van der Waals surface area contributed by atoms with Crippen LogP contribution in [0.15, 0.2) is 103 Å². The molecule has 3 amide bonds. The Morgan fingerprint density at radius 1 is 0.838 bits per heavy atom. The summed E-state index contributed by atoms with van der Waals surface area (Å²) in [5, 5.41) is 6.13. The topological polar surface area (TPSA) is 70.7 Å². The predicted octanol–water partition coefficient (Wildman–Crippen LogP) is 7.13. The molecule has 2 N–H and O–H groups in total. The molecule has 188 valence electrons. The summed E-state index contributed by atoms with van der Waals surface area (Å²) in [4.78, 5) is 27.1. The van der Waals surface area contributed by atoms with Crippen molar-refractivity contribution in [3.63, 3.8) is 0 Å². The summed E-state index contributed by atoms with van der Waals surface area (Å²) in [6.07, 6.45) is 0.465. The van der Waals surface area contributed by atoms with Crippen molar-refractivity contribution in [2.75, 3.05) is 23.3 Å². The van der Waals surface area contributed by atoms with E-state index in [1.54, 1.807) is 59.5 Å². The summed E-state index contributed by atoms with van der Waals surface area (Å²) < 4.78 is 19.3. The second kappa shape index (κ2) is 12.6. The summed E-state index contributed by atoms with van der Waals surface area (Å²) in [5.41, 5.74) is 1.45. The molecule has 0 saturated heterocycles. The number of halogens is 2. The molecule has 0 heterocycles. The molecule has 37 heavy (non-hydrogen) atoms. The van der Waals surface area contributed by atoms with E-state index in [-0.39, 0.29) is 17.5 Å². The molecule has 4 aromatic carbocycles. The van der Waals surface area contributed by atoms with Gasteiger partial charge < -0.3 is 15.4 Å². The van der Waals surface area contributed by atoms with Crippen LogP contribution in [0.25, 0.3) is 0 Å². The van der Waals surface area contributed by atoms with Crippen molar-refractivity contribution in [3.05, 3.63) is 120 Å². The largest absolute Gasteiger partial charge is 0.457 e. The Bertz CT molecular complexity index is 1350. The molecule has 0 aromatic heterocycles. The fraction of sp³-hybridized carbons (Fsp3) is 0.103. The summed E-state index contributed by atoms with van der Waals surface area (Å²) in [6.45, 7) is 0.611. The number of ether oxygens (including phenoxy) is 1. The van der Waals surface area contributed by atoms with Crippen molar-refractivity contribution in [1.29, 1.82) is 0 Å². The molecule has 0 fully saturated rings. The van der Waals surface area contributed by atoms with Crippen LogP contribution >= 0.6 is 11.6 Å². The van der Waals surface area contributed by atoms with Gasteiger partial charge in [-0.25, -0.2) is 9.18 Å². The lowest BCUT2D eigenvalue weighted by molar-refractivity contribution is 0.0953. The quantitative estimate of drug-likeness (QED) is 0.232. The maximum absolute atomic E-state index is 13.4. The van der Waals surface area contributed by atoms with Crippen molar-refractivity contribution in [1.82, 2.24) is 5.32 Å². The van der Waals surface area contributed by atoms with E-state index < -0.39 is 5.82 Å². The zero-order valence-corrected chi connectivity index (χ0v) is 20.6. The SMILES string of the molecule is O=C(NCCCN(C(=O)Nc1cccc(Cl)c1)c1ccc(Oc2ccccc2)cc1)c1cccc(F)c1. The van der Waals surface area contributed by atoms with E-state index in [0.29, 0.717) is 47.4 Å². The second-order valence-electron chi connectivity index (χ2n) is 8.12. The van der Waals surface area contributed by atoms with E-state index >= 15 is 0 Å². The van der Waals surface area contributed by atoms with Gasteiger partial charge in [0.1, 0.15) is 17.3 Å². The number of nitrogens with zero attached hydrogens (tertiary/aromatic N) is 1. The third-order valence-corrected chi connectivity index (χ3v) is 5.61. The average Bonchev–Trinajstić information content (AvgIpc) is 2.90. The lowest BCUT2D eigenvalue weighted by Gasteiger charge is -2.24. The highest BCUT2D eigenvalue weighted by atomic mass is 35.5. The van der Waals surface area contributed by atoms with Crippen LogP contribution in [0.3, 0.4) is 0 Å². The van der Waals surface area contributed by atoms with Gasteiger partial charge in [0.05, 0.1) is 0 Å². The van der Waals surface area contributed by atoms with Gasteiger partial charge in [-0.3, -0.25) is 9.69 Å². The molecule has 0 bridgehead atoms. The number of anilines is 2. The standard InChI is InChI=1S/C29H25ClFN3O3/c30-22-8-5-10-24(20-22)33-29(36)34(18-6-17-32-28(35)21-7-4-9-23(31)19-21)25-13-15-27(16-14-25)37-26-11-2-1-3-12-26/h1-5,7-16,19-20H,6,17-18H2,(H,32,35)(H,33,36). The van der Waals surface area contributed by atoms with E-state index in [1.165, 1.54) is 18.2 Å². The van der Waals surface area contributed by atoms with Crippen molar-refractivity contribution in [3.8, 4) is 11.5 Å². The molecule has 0 radical (unpaired) electrons. The maximum Gasteiger partial charge on any atom is 0.326 e. The molecular weight excluding hydrogens is 493 g/mol. The fourth-order valence-corrected chi connectivity index (χ4v) is 3.78. The number of para-hydroxylation sites is 1. The molecule has 0 unspecified atom stereocenters. The van der Waals surface area contributed by atoms with E-state index in [0.717, 1.165) is 0 Å². The van der Waals surface area contributed by atoms with Gasteiger partial charge in [0, 0.05) is 35.1 Å². The molecular formula is C29H25ClFN3O3. The van der Waals surface area contributed by atoms with Crippen molar-refractivity contribution in [2.45, 2.75) is 6.42 Å². The first kappa shape index (κ1) is 25.7. The van der Waals surface area contributed by atoms with E-state index in [2.05, 4.69) is 10.6 Å². The number of amides is 3. The molecule has 0 saturated carbocycles. The van der Waals surface area contributed by atoms with Crippen molar-refractivity contribution < 1.29 is 18.7 Å². The van der Waals surface area contributed by atoms with Crippen LogP contribution in [0.1, 0.15) is 16.8 Å². The molecule has 0 aliphatic rings. The smallest absolute Gasteiger partial charge is 0.326 e. The van der Waals surface area contributed by atoms with E-state index in [9.17, 15) is 14.0 Å². The predicted molar refractivity (Wildman–Crippen MR) is 144 cm³/mol. The summed E-state index contributed by atoms with van der Waals surface area (Å²) in [7, 11) is 0. The minimum atomic E-state index is -0.476. The van der Waals surface area contributed by atoms with Gasteiger partial charge in [-0.1, -0.05) is 41.9 Å². The normalized spacial score (nSPS) is 10.4. The average molecular weight is 518 g/mol. The monoisotopic (exact) mass is 517 g/mol. The van der Waals surface area contributed by atoms with Crippen LogP contribution in [0.5, 0.6) is 11.5 Å². The van der Waals surface area contributed by atoms with Crippen molar-refractivity contribution >= 4 is 34.9 Å². The van der Waals surface area contributed by atoms with E-state index in [4.69, 9.17) is 16.3 Å².